The van der Waals surface area contributed by atoms with Crippen molar-refractivity contribution in [1.82, 2.24) is 15.3 Å². The van der Waals surface area contributed by atoms with Crippen LogP contribution in [0, 0.1) is 0 Å². The van der Waals surface area contributed by atoms with E-state index in [2.05, 4.69) is 36.1 Å². The summed E-state index contributed by atoms with van der Waals surface area (Å²) in [6.07, 6.45) is 3.24. The monoisotopic (exact) mass is 325 g/mol. The third-order valence-corrected chi connectivity index (χ3v) is 3.41. The van der Waals surface area contributed by atoms with Crippen molar-refractivity contribution in [1.29, 1.82) is 0 Å². The lowest BCUT2D eigenvalue weighted by molar-refractivity contribution is 0.419. The van der Waals surface area contributed by atoms with E-state index in [9.17, 15) is 0 Å². The van der Waals surface area contributed by atoms with Crippen LogP contribution in [0.3, 0.4) is 0 Å². The molecule has 0 fully saturated rings. The average molecular weight is 326 g/mol. The molecular weight excluding hydrogens is 309 g/mol. The maximum absolute atomic E-state index is 6.06. The molecule has 4 nitrogen and oxygen atoms in total. The second-order valence-electron chi connectivity index (χ2n) is 5.60. The minimum absolute atomic E-state index is 0.0329. The van der Waals surface area contributed by atoms with Crippen molar-refractivity contribution in [2.24, 2.45) is 0 Å². The molecule has 0 saturated heterocycles. The minimum Gasteiger partial charge on any atom is -0.436 e. The molecule has 0 atom stereocenters. The van der Waals surface area contributed by atoms with E-state index in [1.807, 2.05) is 0 Å². The molecule has 1 N–H and O–H groups in total. The Balaban J connectivity index is 2.04. The lowest BCUT2D eigenvalue weighted by Crippen LogP contribution is -2.35. The molecule has 0 bridgehead atoms. The quantitative estimate of drug-likeness (QED) is 0.901. The molecule has 6 heteroatoms. The first kappa shape index (κ1) is 16.0. The van der Waals surface area contributed by atoms with Crippen LogP contribution in [0.15, 0.2) is 30.6 Å². The van der Waals surface area contributed by atoms with Crippen LogP contribution in [-0.4, -0.2) is 15.5 Å². The summed E-state index contributed by atoms with van der Waals surface area (Å²) in [5, 5.41) is 4.14. The van der Waals surface area contributed by atoms with Crippen molar-refractivity contribution in [2.45, 2.75) is 32.9 Å². The van der Waals surface area contributed by atoms with E-state index in [0.29, 0.717) is 28.2 Å². The molecule has 0 spiro atoms. The number of nitrogens with one attached hydrogen (secondary N) is 1. The smallest absolute Gasteiger partial charge is 0.237 e. The van der Waals surface area contributed by atoms with E-state index in [1.54, 1.807) is 30.6 Å². The number of rotatable bonds is 4. The van der Waals surface area contributed by atoms with Crippen molar-refractivity contribution in [3.05, 3.63) is 46.3 Å². The molecule has 1 heterocycles. The molecule has 1 aromatic carbocycles. The third kappa shape index (κ3) is 4.84. The summed E-state index contributed by atoms with van der Waals surface area (Å²) in [6, 6.07) is 5.19. The van der Waals surface area contributed by atoms with E-state index >= 15 is 0 Å². The van der Waals surface area contributed by atoms with Crippen molar-refractivity contribution < 1.29 is 4.74 Å². The molecule has 0 amide bonds. The predicted molar refractivity (Wildman–Crippen MR) is 85.2 cm³/mol. The van der Waals surface area contributed by atoms with Crippen LogP contribution in [-0.2, 0) is 6.54 Å². The maximum Gasteiger partial charge on any atom is 0.237 e. The minimum atomic E-state index is 0.0329. The Morgan fingerprint density at radius 1 is 1.14 bits per heavy atom. The first-order chi connectivity index (χ1) is 9.85. The van der Waals surface area contributed by atoms with Crippen LogP contribution in [0.1, 0.15) is 26.5 Å². The SMILES string of the molecule is CC(C)(C)NCc1cnc(Oc2cccc(Cl)c2Cl)cn1. The highest BCUT2D eigenvalue weighted by molar-refractivity contribution is 6.42. The summed E-state index contributed by atoms with van der Waals surface area (Å²) in [5.74, 6) is 0.831. The zero-order valence-electron chi connectivity index (χ0n) is 12.2. The van der Waals surface area contributed by atoms with E-state index < -0.39 is 0 Å². The van der Waals surface area contributed by atoms with Gasteiger partial charge in [-0.3, -0.25) is 4.98 Å². The molecule has 112 valence electrons. The molecule has 0 aliphatic heterocycles. The first-order valence-corrected chi connectivity index (χ1v) is 7.28. The van der Waals surface area contributed by atoms with Crippen molar-refractivity contribution in [3.8, 4) is 11.6 Å². The van der Waals surface area contributed by atoms with E-state index in [0.717, 1.165) is 5.69 Å². The highest BCUT2D eigenvalue weighted by Crippen LogP contribution is 2.33. The molecule has 2 aromatic rings. The van der Waals surface area contributed by atoms with Gasteiger partial charge in [-0.05, 0) is 32.9 Å². The molecule has 0 saturated carbocycles. The molecule has 0 aliphatic carbocycles. The third-order valence-electron chi connectivity index (χ3n) is 2.61. The largest absolute Gasteiger partial charge is 0.436 e. The summed E-state index contributed by atoms with van der Waals surface area (Å²) >= 11 is 12.0. The molecule has 0 aliphatic rings. The van der Waals surface area contributed by atoms with Crippen molar-refractivity contribution in [3.63, 3.8) is 0 Å². The first-order valence-electron chi connectivity index (χ1n) is 6.53. The van der Waals surface area contributed by atoms with Gasteiger partial charge in [-0.15, -0.1) is 0 Å². The van der Waals surface area contributed by atoms with Gasteiger partial charge in [0.05, 0.1) is 23.1 Å². The summed E-state index contributed by atoms with van der Waals surface area (Å²) in [4.78, 5) is 8.52. The van der Waals surface area contributed by atoms with Gasteiger partial charge < -0.3 is 10.1 Å². The highest BCUT2D eigenvalue weighted by Gasteiger charge is 2.10. The Labute approximate surface area is 134 Å². The van der Waals surface area contributed by atoms with E-state index in [-0.39, 0.29) is 5.54 Å². The van der Waals surface area contributed by atoms with E-state index in [1.165, 1.54) is 0 Å². The van der Waals surface area contributed by atoms with Gasteiger partial charge in [-0.2, -0.15) is 0 Å². The van der Waals surface area contributed by atoms with Gasteiger partial charge in [0.15, 0.2) is 0 Å². The Hall–Kier alpha value is -1.36. The lowest BCUT2D eigenvalue weighted by atomic mass is 10.1. The van der Waals surface area contributed by atoms with Gasteiger partial charge in [-0.1, -0.05) is 29.3 Å². The Kier molecular flexibility index (Phi) is 5.04. The standard InChI is InChI=1S/C15H17Cl2N3O/c1-15(2,3)20-8-10-7-19-13(9-18-10)21-12-6-4-5-11(16)14(12)17/h4-7,9,20H,8H2,1-3H3. The van der Waals surface area contributed by atoms with Gasteiger partial charge in [0.1, 0.15) is 10.8 Å². The number of ether oxygens (including phenoxy) is 1. The summed E-state index contributed by atoms with van der Waals surface area (Å²) in [6.45, 7) is 6.94. The molecule has 2 rings (SSSR count). The fraction of sp³-hybridized carbons (Fsp3) is 0.333. The topological polar surface area (TPSA) is 47.0 Å². The van der Waals surface area contributed by atoms with E-state index in [4.69, 9.17) is 27.9 Å². The fourth-order valence-electron chi connectivity index (χ4n) is 1.52. The van der Waals surface area contributed by atoms with Gasteiger partial charge in [0, 0.05) is 12.1 Å². The Morgan fingerprint density at radius 3 is 2.52 bits per heavy atom. The second kappa shape index (κ2) is 6.60. The number of halogens is 2. The van der Waals surface area contributed by atoms with Gasteiger partial charge in [-0.25, -0.2) is 4.98 Å². The zero-order chi connectivity index (χ0) is 15.5. The van der Waals surface area contributed by atoms with Crippen LogP contribution < -0.4 is 10.1 Å². The predicted octanol–water partition coefficient (Wildman–Crippen LogP) is 4.46. The van der Waals surface area contributed by atoms with Crippen LogP contribution in [0.25, 0.3) is 0 Å². The van der Waals surface area contributed by atoms with Crippen LogP contribution in [0.5, 0.6) is 11.6 Å². The number of benzene rings is 1. The van der Waals surface area contributed by atoms with Crippen molar-refractivity contribution >= 4 is 23.2 Å². The lowest BCUT2D eigenvalue weighted by Gasteiger charge is -2.19. The zero-order valence-corrected chi connectivity index (χ0v) is 13.7. The van der Waals surface area contributed by atoms with Gasteiger partial charge >= 0.3 is 0 Å². The summed E-state index contributed by atoms with van der Waals surface area (Å²) < 4.78 is 5.58. The Bertz CT molecular complexity index is 609. The Morgan fingerprint density at radius 2 is 1.90 bits per heavy atom. The molecule has 0 unspecified atom stereocenters. The number of hydrogen-bond acceptors (Lipinski definition) is 4. The highest BCUT2D eigenvalue weighted by atomic mass is 35.5. The number of aromatic nitrogens is 2. The van der Waals surface area contributed by atoms with Crippen LogP contribution >= 0.6 is 23.2 Å². The molecule has 1 aromatic heterocycles. The van der Waals surface area contributed by atoms with Gasteiger partial charge in [0.2, 0.25) is 5.88 Å². The van der Waals surface area contributed by atoms with Crippen molar-refractivity contribution in [2.75, 3.05) is 0 Å². The summed E-state index contributed by atoms with van der Waals surface area (Å²) in [5.41, 5.74) is 0.875. The molecule has 0 radical (unpaired) electrons. The second-order valence-corrected chi connectivity index (χ2v) is 6.39. The fourth-order valence-corrected chi connectivity index (χ4v) is 1.85. The number of nitrogens with zero attached hydrogens (tertiary/aromatic N) is 2. The molecular formula is C15H17Cl2N3O. The normalized spacial score (nSPS) is 11.5. The number of hydrogen-bond donors (Lipinski definition) is 1. The maximum atomic E-state index is 6.06. The summed E-state index contributed by atoms with van der Waals surface area (Å²) in [7, 11) is 0. The van der Waals surface area contributed by atoms with Crippen LogP contribution in [0.2, 0.25) is 10.0 Å². The van der Waals surface area contributed by atoms with Gasteiger partial charge in [0.25, 0.3) is 0 Å². The average Bonchev–Trinajstić information content (AvgIpc) is 2.42. The van der Waals surface area contributed by atoms with Crippen LogP contribution in [0.4, 0.5) is 0 Å². The molecule has 21 heavy (non-hydrogen) atoms.